The molecule has 0 atom stereocenters. The number of hydrogen-bond acceptors (Lipinski definition) is 3. The molecule has 2 fully saturated rings. The third-order valence-electron chi connectivity index (χ3n) is 5.30. The summed E-state index contributed by atoms with van der Waals surface area (Å²) in [5.74, 6) is 1.69. The molecule has 1 aromatic rings. The summed E-state index contributed by atoms with van der Waals surface area (Å²) >= 11 is 0. The summed E-state index contributed by atoms with van der Waals surface area (Å²) in [5.41, 5.74) is 1.24. The summed E-state index contributed by atoms with van der Waals surface area (Å²) in [6.07, 6.45) is 5.95. The van der Waals surface area contributed by atoms with Gasteiger partial charge in [-0.15, -0.1) is 0 Å². The molecular weight excluding hydrogens is 300 g/mol. The summed E-state index contributed by atoms with van der Waals surface area (Å²) in [7, 11) is 0. The molecule has 1 aromatic carbocycles. The van der Waals surface area contributed by atoms with E-state index in [2.05, 4.69) is 21.9 Å². The van der Waals surface area contributed by atoms with Gasteiger partial charge >= 0.3 is 0 Å². The molecule has 0 radical (unpaired) electrons. The zero-order valence-electron chi connectivity index (χ0n) is 14.9. The predicted molar refractivity (Wildman–Crippen MR) is 96.0 cm³/mol. The van der Waals surface area contributed by atoms with Crippen LogP contribution in [0.25, 0.3) is 0 Å². The lowest BCUT2D eigenvalue weighted by Crippen LogP contribution is -2.50. The Kier molecular flexibility index (Phi) is 6.13. The van der Waals surface area contributed by atoms with Gasteiger partial charge in [-0.05, 0) is 25.8 Å². The highest BCUT2D eigenvalue weighted by Gasteiger charge is 2.28. The number of benzene rings is 1. The normalized spacial score (nSPS) is 20.1. The van der Waals surface area contributed by atoms with Crippen LogP contribution >= 0.6 is 0 Å². The first kappa shape index (κ1) is 17.3. The number of piperazine rings is 1. The molecule has 1 aliphatic carbocycles. The Morgan fingerprint density at radius 3 is 2.50 bits per heavy atom. The minimum Gasteiger partial charge on any atom is -0.494 e. The van der Waals surface area contributed by atoms with Gasteiger partial charge in [0.1, 0.15) is 5.75 Å². The van der Waals surface area contributed by atoms with Gasteiger partial charge < -0.3 is 9.64 Å². The molecule has 0 unspecified atom stereocenters. The van der Waals surface area contributed by atoms with E-state index in [9.17, 15) is 4.79 Å². The van der Waals surface area contributed by atoms with Crippen LogP contribution in [-0.4, -0.2) is 48.5 Å². The van der Waals surface area contributed by atoms with E-state index < -0.39 is 0 Å². The molecule has 2 aliphatic rings. The number of carbonyl (C=O) groups excluding carboxylic acids is 1. The van der Waals surface area contributed by atoms with E-state index in [1.165, 1.54) is 24.8 Å². The maximum atomic E-state index is 12.6. The maximum Gasteiger partial charge on any atom is 0.225 e. The summed E-state index contributed by atoms with van der Waals surface area (Å²) < 4.78 is 5.73. The second kappa shape index (κ2) is 8.52. The SMILES string of the molecule is CCOc1ccccc1CN1CCN(C(=O)C2CCCCC2)CC1. The van der Waals surface area contributed by atoms with Gasteiger partial charge in [0.15, 0.2) is 0 Å². The second-order valence-corrected chi connectivity index (χ2v) is 6.98. The Morgan fingerprint density at radius 1 is 1.08 bits per heavy atom. The van der Waals surface area contributed by atoms with Crippen molar-refractivity contribution < 1.29 is 9.53 Å². The lowest BCUT2D eigenvalue weighted by Gasteiger charge is -2.37. The van der Waals surface area contributed by atoms with Crippen molar-refractivity contribution in [3.63, 3.8) is 0 Å². The van der Waals surface area contributed by atoms with Gasteiger partial charge in [0.25, 0.3) is 0 Å². The number of hydrogen-bond donors (Lipinski definition) is 0. The summed E-state index contributed by atoms with van der Waals surface area (Å²) in [6.45, 7) is 7.27. The van der Waals surface area contributed by atoms with Crippen molar-refractivity contribution in [2.75, 3.05) is 32.8 Å². The lowest BCUT2D eigenvalue weighted by atomic mass is 9.88. The Morgan fingerprint density at radius 2 is 1.79 bits per heavy atom. The Balaban J connectivity index is 1.51. The van der Waals surface area contributed by atoms with E-state index in [0.717, 1.165) is 51.3 Å². The lowest BCUT2D eigenvalue weighted by molar-refractivity contribution is -0.138. The molecule has 4 heteroatoms. The van der Waals surface area contributed by atoms with E-state index in [1.807, 2.05) is 19.1 Å². The minimum absolute atomic E-state index is 0.295. The Hall–Kier alpha value is -1.55. The largest absolute Gasteiger partial charge is 0.494 e. The number of amides is 1. The molecule has 0 bridgehead atoms. The van der Waals surface area contributed by atoms with Crippen LogP contribution in [0.1, 0.15) is 44.6 Å². The quantitative estimate of drug-likeness (QED) is 0.830. The summed E-state index contributed by atoms with van der Waals surface area (Å²) in [4.78, 5) is 17.2. The molecule has 3 rings (SSSR count). The highest BCUT2D eigenvalue weighted by Crippen LogP contribution is 2.26. The number of para-hydroxylation sites is 1. The van der Waals surface area contributed by atoms with E-state index in [-0.39, 0.29) is 0 Å². The second-order valence-electron chi connectivity index (χ2n) is 6.98. The van der Waals surface area contributed by atoms with E-state index in [4.69, 9.17) is 4.74 Å². The summed E-state index contributed by atoms with van der Waals surface area (Å²) in [5, 5.41) is 0. The summed E-state index contributed by atoms with van der Waals surface area (Å²) in [6, 6.07) is 8.28. The van der Waals surface area contributed by atoms with Crippen LogP contribution < -0.4 is 4.74 Å². The van der Waals surface area contributed by atoms with Crippen LogP contribution in [0, 0.1) is 5.92 Å². The molecule has 1 heterocycles. The molecule has 0 aromatic heterocycles. The number of rotatable bonds is 5. The third-order valence-corrected chi connectivity index (χ3v) is 5.30. The van der Waals surface area contributed by atoms with Crippen molar-refractivity contribution in [3.8, 4) is 5.75 Å². The number of carbonyl (C=O) groups is 1. The van der Waals surface area contributed by atoms with Gasteiger partial charge in [0, 0.05) is 44.2 Å². The molecule has 1 aliphatic heterocycles. The van der Waals surface area contributed by atoms with Crippen molar-refractivity contribution in [1.82, 2.24) is 9.80 Å². The smallest absolute Gasteiger partial charge is 0.225 e. The van der Waals surface area contributed by atoms with Gasteiger partial charge in [-0.1, -0.05) is 37.5 Å². The van der Waals surface area contributed by atoms with Crippen molar-refractivity contribution in [3.05, 3.63) is 29.8 Å². The zero-order chi connectivity index (χ0) is 16.8. The van der Waals surface area contributed by atoms with Crippen LogP contribution in [0.15, 0.2) is 24.3 Å². The van der Waals surface area contributed by atoms with Crippen molar-refractivity contribution in [1.29, 1.82) is 0 Å². The molecular formula is C20H30N2O2. The average molecular weight is 330 g/mol. The predicted octanol–water partition coefficient (Wildman–Crippen LogP) is 3.31. The van der Waals surface area contributed by atoms with Crippen molar-refractivity contribution in [2.45, 2.75) is 45.6 Å². The van der Waals surface area contributed by atoms with Gasteiger partial charge in [-0.25, -0.2) is 0 Å². The fourth-order valence-corrected chi connectivity index (χ4v) is 3.91. The molecule has 1 saturated carbocycles. The topological polar surface area (TPSA) is 32.8 Å². The first-order valence-corrected chi connectivity index (χ1v) is 9.49. The van der Waals surface area contributed by atoms with Gasteiger partial charge in [0.05, 0.1) is 6.61 Å². The van der Waals surface area contributed by atoms with Crippen molar-refractivity contribution >= 4 is 5.91 Å². The fourth-order valence-electron chi connectivity index (χ4n) is 3.91. The van der Waals surface area contributed by atoms with Crippen LogP contribution in [-0.2, 0) is 11.3 Å². The van der Waals surface area contributed by atoms with Gasteiger partial charge in [0.2, 0.25) is 5.91 Å². The van der Waals surface area contributed by atoms with Crippen LogP contribution in [0.4, 0.5) is 0 Å². The molecule has 1 saturated heterocycles. The monoisotopic (exact) mass is 330 g/mol. The van der Waals surface area contributed by atoms with Crippen molar-refractivity contribution in [2.24, 2.45) is 5.92 Å². The maximum absolute atomic E-state index is 12.6. The molecule has 1 amide bonds. The van der Waals surface area contributed by atoms with Gasteiger partial charge in [-0.2, -0.15) is 0 Å². The molecule has 132 valence electrons. The zero-order valence-corrected chi connectivity index (χ0v) is 14.9. The van der Waals surface area contributed by atoms with Crippen LogP contribution in [0.5, 0.6) is 5.75 Å². The average Bonchev–Trinajstić information content (AvgIpc) is 2.64. The van der Waals surface area contributed by atoms with Gasteiger partial charge in [-0.3, -0.25) is 9.69 Å². The fraction of sp³-hybridized carbons (Fsp3) is 0.650. The standard InChI is InChI=1S/C20H30N2O2/c1-2-24-19-11-7-6-10-18(19)16-21-12-14-22(15-13-21)20(23)17-8-4-3-5-9-17/h6-7,10-11,17H,2-5,8-9,12-16H2,1H3. The highest BCUT2D eigenvalue weighted by molar-refractivity contribution is 5.79. The van der Waals surface area contributed by atoms with Crippen LogP contribution in [0.3, 0.4) is 0 Å². The molecule has 24 heavy (non-hydrogen) atoms. The Bertz CT molecular complexity index is 532. The molecule has 0 N–H and O–H groups in total. The van der Waals surface area contributed by atoms with Crippen LogP contribution in [0.2, 0.25) is 0 Å². The first-order valence-electron chi connectivity index (χ1n) is 9.49. The Labute approximate surface area is 145 Å². The van der Waals surface area contributed by atoms with E-state index in [0.29, 0.717) is 18.4 Å². The highest BCUT2D eigenvalue weighted by atomic mass is 16.5. The van der Waals surface area contributed by atoms with E-state index >= 15 is 0 Å². The third kappa shape index (κ3) is 4.29. The number of ether oxygens (including phenoxy) is 1. The number of nitrogens with zero attached hydrogens (tertiary/aromatic N) is 2. The minimum atomic E-state index is 0.295. The molecule has 0 spiro atoms. The molecule has 4 nitrogen and oxygen atoms in total. The van der Waals surface area contributed by atoms with E-state index in [1.54, 1.807) is 0 Å². The first-order chi connectivity index (χ1) is 11.8.